The molecule has 0 saturated heterocycles. The van der Waals surface area contributed by atoms with E-state index < -0.39 is 23.2 Å². The second kappa shape index (κ2) is 7.47. The lowest BCUT2D eigenvalue weighted by molar-refractivity contribution is -0.152. The molecule has 0 bridgehead atoms. The van der Waals surface area contributed by atoms with Crippen LogP contribution in [0.1, 0.15) is 25.5 Å². The Kier molecular flexibility index (Phi) is 6.93. The van der Waals surface area contributed by atoms with Gasteiger partial charge in [0.05, 0.1) is 26.7 Å². The lowest BCUT2D eigenvalue weighted by atomic mass is 9.80. The van der Waals surface area contributed by atoms with E-state index in [4.69, 9.17) is 19.9 Å². The van der Waals surface area contributed by atoms with E-state index in [2.05, 4.69) is 0 Å². The van der Waals surface area contributed by atoms with Crippen molar-refractivity contribution in [1.29, 1.82) is 0 Å². The minimum Gasteiger partial charge on any atom is -0.493 e. The van der Waals surface area contributed by atoms with Crippen LogP contribution >= 0.6 is 12.4 Å². The van der Waals surface area contributed by atoms with Crippen LogP contribution in [-0.2, 0) is 9.53 Å². The molecular formula is C14H21ClFNO4. The third-order valence-corrected chi connectivity index (χ3v) is 3.33. The van der Waals surface area contributed by atoms with E-state index >= 15 is 0 Å². The molecule has 0 fully saturated rings. The number of esters is 1. The highest BCUT2D eigenvalue weighted by Gasteiger charge is 2.38. The molecule has 1 aromatic carbocycles. The summed E-state index contributed by atoms with van der Waals surface area (Å²) in [6, 6.07) is 1.74. The van der Waals surface area contributed by atoms with Crippen molar-refractivity contribution in [3.63, 3.8) is 0 Å². The Morgan fingerprint density at radius 2 is 1.67 bits per heavy atom. The van der Waals surface area contributed by atoms with Crippen LogP contribution in [0.25, 0.3) is 0 Å². The fourth-order valence-electron chi connectivity index (χ4n) is 1.89. The summed E-state index contributed by atoms with van der Waals surface area (Å²) in [6.07, 6.45) is 0. The van der Waals surface area contributed by atoms with Crippen molar-refractivity contribution < 1.29 is 23.4 Å². The maximum Gasteiger partial charge on any atom is 0.313 e. The van der Waals surface area contributed by atoms with Crippen LogP contribution < -0.4 is 15.2 Å². The maximum atomic E-state index is 14.1. The molecule has 1 atom stereocenters. The average molecular weight is 322 g/mol. The maximum absolute atomic E-state index is 14.1. The summed E-state index contributed by atoms with van der Waals surface area (Å²) in [4.78, 5) is 11.8. The molecule has 0 amide bonds. The zero-order valence-corrected chi connectivity index (χ0v) is 13.5. The predicted octanol–water partition coefficient (Wildman–Crippen LogP) is 2.46. The summed E-state index contributed by atoms with van der Waals surface area (Å²) in [7, 11) is 4.12. The Labute approximate surface area is 130 Å². The van der Waals surface area contributed by atoms with Crippen molar-refractivity contribution in [3.8, 4) is 11.5 Å². The molecule has 0 unspecified atom stereocenters. The van der Waals surface area contributed by atoms with Crippen molar-refractivity contribution in [2.24, 2.45) is 11.1 Å². The molecule has 0 spiro atoms. The predicted molar refractivity (Wildman–Crippen MR) is 79.5 cm³/mol. The molecule has 0 aromatic heterocycles. The van der Waals surface area contributed by atoms with Gasteiger partial charge in [-0.2, -0.15) is 0 Å². The number of halogens is 2. The van der Waals surface area contributed by atoms with Crippen molar-refractivity contribution in [3.05, 3.63) is 23.5 Å². The summed E-state index contributed by atoms with van der Waals surface area (Å²) in [5, 5.41) is 0. The molecule has 0 heterocycles. The van der Waals surface area contributed by atoms with Gasteiger partial charge in [-0.25, -0.2) is 4.39 Å². The smallest absolute Gasteiger partial charge is 0.313 e. The summed E-state index contributed by atoms with van der Waals surface area (Å²) < 4.78 is 29.0. The monoisotopic (exact) mass is 321 g/mol. The molecule has 0 radical (unpaired) electrons. The highest BCUT2D eigenvalue weighted by Crippen LogP contribution is 2.38. The van der Waals surface area contributed by atoms with E-state index in [1.807, 2.05) is 0 Å². The van der Waals surface area contributed by atoms with Crippen LogP contribution in [0.15, 0.2) is 12.1 Å². The topological polar surface area (TPSA) is 70.8 Å². The van der Waals surface area contributed by atoms with E-state index in [0.717, 1.165) is 0 Å². The first kappa shape index (κ1) is 19.5. The highest BCUT2D eigenvalue weighted by molar-refractivity contribution is 5.85. The third-order valence-electron chi connectivity index (χ3n) is 3.33. The zero-order valence-electron chi connectivity index (χ0n) is 12.7. The van der Waals surface area contributed by atoms with Gasteiger partial charge in [0.25, 0.3) is 0 Å². The van der Waals surface area contributed by atoms with E-state index in [9.17, 15) is 9.18 Å². The second-order valence-electron chi connectivity index (χ2n) is 4.92. The van der Waals surface area contributed by atoms with Gasteiger partial charge in [0.2, 0.25) is 0 Å². The largest absolute Gasteiger partial charge is 0.493 e. The van der Waals surface area contributed by atoms with Gasteiger partial charge in [-0.1, -0.05) is 0 Å². The van der Waals surface area contributed by atoms with Crippen LogP contribution in [0, 0.1) is 11.2 Å². The number of benzene rings is 1. The molecule has 120 valence electrons. The molecule has 0 aliphatic rings. The van der Waals surface area contributed by atoms with Gasteiger partial charge >= 0.3 is 5.97 Å². The molecule has 2 N–H and O–H groups in total. The molecule has 1 rings (SSSR count). The molecule has 1 aromatic rings. The Hall–Kier alpha value is -1.53. The second-order valence-corrected chi connectivity index (χ2v) is 4.92. The Morgan fingerprint density at radius 1 is 1.19 bits per heavy atom. The minimum atomic E-state index is -1.07. The number of methoxy groups -OCH3 is 3. The Morgan fingerprint density at radius 3 is 2.10 bits per heavy atom. The van der Waals surface area contributed by atoms with E-state index in [-0.39, 0.29) is 23.7 Å². The third kappa shape index (κ3) is 3.77. The first-order valence-electron chi connectivity index (χ1n) is 6.05. The standard InChI is InChI=1S/C14H20FNO4.ClH/c1-14(2,13(17)20-5)12(16)8-6-10(18-3)11(19-4)7-9(8)15;/h6-7,12H,16H2,1-5H3;1H/t12-;/m1./s1. The highest BCUT2D eigenvalue weighted by atomic mass is 35.5. The van der Waals surface area contributed by atoms with Gasteiger partial charge in [0, 0.05) is 17.7 Å². The Balaban J connectivity index is 0.00000400. The van der Waals surface area contributed by atoms with Crippen LogP contribution in [0.2, 0.25) is 0 Å². The van der Waals surface area contributed by atoms with Crippen LogP contribution in [-0.4, -0.2) is 27.3 Å². The van der Waals surface area contributed by atoms with Crippen molar-refractivity contribution in [1.82, 2.24) is 0 Å². The van der Waals surface area contributed by atoms with Crippen LogP contribution in [0.4, 0.5) is 4.39 Å². The minimum absolute atomic E-state index is 0. The SMILES string of the molecule is COC(=O)C(C)(C)[C@H](N)c1cc(OC)c(OC)cc1F.Cl. The van der Waals surface area contributed by atoms with E-state index in [0.29, 0.717) is 5.75 Å². The molecular weight excluding hydrogens is 301 g/mol. The van der Waals surface area contributed by atoms with Crippen LogP contribution in [0.3, 0.4) is 0 Å². The van der Waals surface area contributed by atoms with Crippen LogP contribution in [0.5, 0.6) is 11.5 Å². The number of carbonyl (C=O) groups excluding carboxylic acids is 1. The van der Waals surface area contributed by atoms with E-state index in [1.165, 1.54) is 33.5 Å². The average Bonchev–Trinajstić information content (AvgIpc) is 2.44. The lowest BCUT2D eigenvalue weighted by Crippen LogP contribution is -2.37. The van der Waals surface area contributed by atoms with Crippen molar-refractivity contribution >= 4 is 18.4 Å². The van der Waals surface area contributed by atoms with Gasteiger partial charge in [0.15, 0.2) is 11.5 Å². The first-order chi connectivity index (χ1) is 9.29. The Bertz CT molecular complexity index is 508. The van der Waals surface area contributed by atoms with Gasteiger partial charge in [-0.3, -0.25) is 4.79 Å². The number of ether oxygens (including phenoxy) is 3. The molecule has 21 heavy (non-hydrogen) atoms. The summed E-state index contributed by atoms with van der Waals surface area (Å²) in [5.41, 5.74) is 5.12. The molecule has 0 saturated carbocycles. The van der Waals surface area contributed by atoms with E-state index in [1.54, 1.807) is 13.8 Å². The number of hydrogen-bond acceptors (Lipinski definition) is 5. The normalized spacial score (nSPS) is 12.1. The quantitative estimate of drug-likeness (QED) is 0.844. The number of hydrogen-bond donors (Lipinski definition) is 1. The number of rotatable bonds is 5. The fourth-order valence-corrected chi connectivity index (χ4v) is 1.89. The van der Waals surface area contributed by atoms with Gasteiger partial charge in [-0.05, 0) is 19.9 Å². The zero-order chi connectivity index (χ0) is 15.5. The van der Waals surface area contributed by atoms with Crippen molar-refractivity contribution in [2.45, 2.75) is 19.9 Å². The molecule has 0 aliphatic carbocycles. The summed E-state index contributed by atoms with van der Waals surface area (Å²) in [5.74, 6) is -0.469. The summed E-state index contributed by atoms with van der Waals surface area (Å²) >= 11 is 0. The number of nitrogens with two attached hydrogens (primary N) is 1. The van der Waals surface area contributed by atoms with Gasteiger partial charge in [0.1, 0.15) is 5.82 Å². The first-order valence-corrected chi connectivity index (χ1v) is 6.05. The van der Waals surface area contributed by atoms with Crippen molar-refractivity contribution in [2.75, 3.05) is 21.3 Å². The molecule has 5 nitrogen and oxygen atoms in total. The number of carbonyl (C=O) groups is 1. The molecule has 0 aliphatic heterocycles. The van der Waals surface area contributed by atoms with Gasteiger partial charge < -0.3 is 19.9 Å². The molecule has 7 heteroatoms. The van der Waals surface area contributed by atoms with Gasteiger partial charge in [-0.15, -0.1) is 12.4 Å². The fraction of sp³-hybridized carbons (Fsp3) is 0.500. The lowest BCUT2D eigenvalue weighted by Gasteiger charge is -2.29. The summed E-state index contributed by atoms with van der Waals surface area (Å²) in [6.45, 7) is 3.19.